The summed E-state index contributed by atoms with van der Waals surface area (Å²) in [6, 6.07) is 11.8. The Balaban J connectivity index is 1.35. The number of carbonyl (C=O) groups excluding carboxylic acids is 1. The first-order chi connectivity index (χ1) is 15.8. The van der Waals surface area contributed by atoms with E-state index in [4.69, 9.17) is 4.42 Å². The summed E-state index contributed by atoms with van der Waals surface area (Å²) in [6.45, 7) is 2.76. The Morgan fingerprint density at radius 2 is 1.73 bits per heavy atom. The largest absolute Gasteiger partial charge is 0.411 e. The maximum atomic E-state index is 13.1. The number of nitrogens with one attached hydrogen (secondary N) is 1. The van der Waals surface area contributed by atoms with E-state index in [-0.39, 0.29) is 27.7 Å². The van der Waals surface area contributed by atoms with Gasteiger partial charge in [-0.05, 0) is 68.3 Å². The lowest BCUT2D eigenvalue weighted by molar-refractivity contribution is -0.115. The molecule has 1 aliphatic rings. The highest BCUT2D eigenvalue weighted by molar-refractivity contribution is 8.00. The molecule has 1 aliphatic heterocycles. The minimum absolute atomic E-state index is 0.208. The first-order valence-electron chi connectivity index (χ1n) is 10.5. The van der Waals surface area contributed by atoms with Crippen LogP contribution in [0.2, 0.25) is 0 Å². The number of nitrogens with zero attached hydrogens (tertiary/aromatic N) is 3. The molecule has 1 fully saturated rings. The monoisotopic (exact) mass is 490 g/mol. The number of piperidine rings is 1. The van der Waals surface area contributed by atoms with Gasteiger partial charge in [0, 0.05) is 24.3 Å². The third kappa shape index (κ3) is 5.60. The number of amides is 1. The van der Waals surface area contributed by atoms with Gasteiger partial charge < -0.3 is 9.73 Å². The lowest BCUT2D eigenvalue weighted by Crippen LogP contribution is -2.35. The smallest absolute Gasteiger partial charge is 0.277 e. The van der Waals surface area contributed by atoms with Crippen LogP contribution in [0.25, 0.3) is 11.5 Å². The first kappa shape index (κ1) is 23.4. The predicted octanol–water partition coefficient (Wildman–Crippen LogP) is 4.17. The van der Waals surface area contributed by atoms with Crippen LogP contribution in [0.15, 0.2) is 63.1 Å². The minimum Gasteiger partial charge on any atom is -0.411 e. The number of rotatable bonds is 7. The fourth-order valence-electron chi connectivity index (χ4n) is 3.38. The Bertz CT molecular complexity index is 1210. The second-order valence-corrected chi connectivity index (χ2v) is 10.8. The van der Waals surface area contributed by atoms with Crippen molar-refractivity contribution in [3.05, 3.63) is 54.3 Å². The molecule has 1 atom stereocenters. The van der Waals surface area contributed by atoms with E-state index in [2.05, 4.69) is 15.5 Å². The zero-order chi connectivity index (χ0) is 23.4. The highest BCUT2D eigenvalue weighted by Gasteiger charge is 2.26. The molecule has 1 saturated heterocycles. The van der Waals surface area contributed by atoms with E-state index < -0.39 is 15.3 Å². The highest BCUT2D eigenvalue weighted by Crippen LogP contribution is 2.27. The molecule has 33 heavy (non-hydrogen) atoms. The fourth-order valence-corrected chi connectivity index (χ4v) is 5.58. The van der Waals surface area contributed by atoms with E-state index in [1.54, 1.807) is 19.1 Å². The molecule has 2 aromatic carbocycles. The van der Waals surface area contributed by atoms with Gasteiger partial charge in [0.2, 0.25) is 21.8 Å². The quantitative estimate of drug-likeness (QED) is 0.496. The standard InChI is InChI=1S/C22H23FN4O4S2/c1-15(32-22-26-25-21(31-22)16-5-7-17(23)8-6-16)20(28)24-18-9-11-19(12-10-18)33(29,30)27-13-3-2-4-14-27/h5-12,15H,2-4,13-14H2,1H3,(H,24,28). The van der Waals surface area contributed by atoms with Crippen LogP contribution in [0.1, 0.15) is 26.2 Å². The number of anilines is 1. The normalized spacial score (nSPS) is 15.8. The van der Waals surface area contributed by atoms with Crippen molar-refractivity contribution in [2.24, 2.45) is 0 Å². The molecule has 1 N–H and O–H groups in total. The molecule has 174 valence electrons. The molecule has 0 saturated carbocycles. The highest BCUT2D eigenvalue weighted by atomic mass is 32.2. The van der Waals surface area contributed by atoms with E-state index in [9.17, 15) is 17.6 Å². The van der Waals surface area contributed by atoms with Crippen molar-refractivity contribution in [1.29, 1.82) is 0 Å². The summed E-state index contributed by atoms with van der Waals surface area (Å²) in [5, 5.41) is 10.3. The van der Waals surface area contributed by atoms with Crippen LogP contribution in [-0.2, 0) is 14.8 Å². The van der Waals surface area contributed by atoms with Crippen LogP contribution < -0.4 is 5.32 Å². The number of benzene rings is 2. The van der Waals surface area contributed by atoms with E-state index in [0.29, 0.717) is 24.3 Å². The molecule has 0 radical (unpaired) electrons. The molecule has 4 rings (SSSR count). The number of hydrogen-bond donors (Lipinski definition) is 1. The van der Waals surface area contributed by atoms with Crippen molar-refractivity contribution in [1.82, 2.24) is 14.5 Å². The van der Waals surface area contributed by atoms with Crippen molar-refractivity contribution >= 4 is 33.4 Å². The zero-order valence-corrected chi connectivity index (χ0v) is 19.5. The first-order valence-corrected chi connectivity index (χ1v) is 12.8. The summed E-state index contributed by atoms with van der Waals surface area (Å²) in [5.74, 6) is -0.431. The number of hydrogen-bond acceptors (Lipinski definition) is 7. The van der Waals surface area contributed by atoms with Gasteiger partial charge in [-0.15, -0.1) is 10.2 Å². The van der Waals surface area contributed by atoms with Crippen LogP contribution in [-0.4, -0.2) is 47.2 Å². The Morgan fingerprint density at radius 3 is 2.39 bits per heavy atom. The number of thioether (sulfide) groups is 1. The third-order valence-corrected chi connectivity index (χ3v) is 8.07. The van der Waals surface area contributed by atoms with Gasteiger partial charge >= 0.3 is 0 Å². The topological polar surface area (TPSA) is 105 Å². The summed E-state index contributed by atoms with van der Waals surface area (Å²) in [6.07, 6.45) is 2.78. The number of sulfonamides is 1. The van der Waals surface area contributed by atoms with E-state index in [0.717, 1.165) is 31.0 Å². The Morgan fingerprint density at radius 1 is 1.06 bits per heavy atom. The summed E-state index contributed by atoms with van der Waals surface area (Å²) in [7, 11) is -3.52. The van der Waals surface area contributed by atoms with Gasteiger partial charge in [0.1, 0.15) is 5.82 Å². The lowest BCUT2D eigenvalue weighted by atomic mass is 10.2. The second kappa shape index (κ2) is 10.0. The molecule has 0 aliphatic carbocycles. The van der Waals surface area contributed by atoms with E-state index in [1.165, 1.54) is 40.7 Å². The lowest BCUT2D eigenvalue weighted by Gasteiger charge is -2.25. The Kier molecular flexibility index (Phi) is 7.11. The second-order valence-electron chi connectivity index (χ2n) is 7.62. The fraction of sp³-hybridized carbons (Fsp3) is 0.318. The molecule has 1 aromatic heterocycles. The molecule has 1 amide bonds. The molecule has 11 heteroatoms. The molecule has 0 spiro atoms. The van der Waals surface area contributed by atoms with Crippen LogP contribution in [0.3, 0.4) is 0 Å². The summed E-state index contributed by atoms with van der Waals surface area (Å²) >= 11 is 1.09. The molecule has 1 unspecified atom stereocenters. The van der Waals surface area contributed by atoms with Gasteiger partial charge in [0.25, 0.3) is 5.22 Å². The van der Waals surface area contributed by atoms with Crippen molar-refractivity contribution in [3.63, 3.8) is 0 Å². The molecule has 3 aromatic rings. The van der Waals surface area contributed by atoms with Gasteiger partial charge in [-0.3, -0.25) is 4.79 Å². The summed E-state index contributed by atoms with van der Waals surface area (Å²) in [5.41, 5.74) is 1.06. The zero-order valence-electron chi connectivity index (χ0n) is 17.9. The molecular weight excluding hydrogens is 467 g/mol. The molecule has 2 heterocycles. The van der Waals surface area contributed by atoms with Crippen molar-refractivity contribution < 1.29 is 22.0 Å². The maximum Gasteiger partial charge on any atom is 0.277 e. The van der Waals surface area contributed by atoms with Crippen LogP contribution in [0.5, 0.6) is 0 Å². The van der Waals surface area contributed by atoms with Gasteiger partial charge in [0.15, 0.2) is 0 Å². The average Bonchev–Trinajstić information content (AvgIpc) is 3.29. The van der Waals surface area contributed by atoms with Crippen molar-refractivity contribution in [2.75, 3.05) is 18.4 Å². The maximum absolute atomic E-state index is 13.1. The van der Waals surface area contributed by atoms with Gasteiger partial charge in [-0.2, -0.15) is 4.31 Å². The van der Waals surface area contributed by atoms with Crippen LogP contribution in [0.4, 0.5) is 10.1 Å². The predicted molar refractivity (Wildman–Crippen MR) is 123 cm³/mol. The summed E-state index contributed by atoms with van der Waals surface area (Å²) < 4.78 is 45.6. The SMILES string of the molecule is CC(Sc1nnc(-c2ccc(F)cc2)o1)C(=O)Nc1ccc(S(=O)(=O)N2CCCCC2)cc1. The average molecular weight is 491 g/mol. The van der Waals surface area contributed by atoms with Gasteiger partial charge in [0.05, 0.1) is 10.1 Å². The third-order valence-electron chi connectivity index (χ3n) is 5.22. The molecule has 8 nitrogen and oxygen atoms in total. The van der Waals surface area contributed by atoms with Gasteiger partial charge in [-0.1, -0.05) is 18.2 Å². The number of carbonyl (C=O) groups is 1. The van der Waals surface area contributed by atoms with Crippen LogP contribution >= 0.6 is 11.8 Å². The number of aromatic nitrogens is 2. The van der Waals surface area contributed by atoms with Gasteiger partial charge in [-0.25, -0.2) is 12.8 Å². The molecule has 0 bridgehead atoms. The Labute approximate surface area is 195 Å². The van der Waals surface area contributed by atoms with E-state index >= 15 is 0 Å². The van der Waals surface area contributed by atoms with Crippen molar-refractivity contribution in [2.45, 2.75) is 41.6 Å². The Hall–Kier alpha value is -2.76. The van der Waals surface area contributed by atoms with Crippen LogP contribution in [0, 0.1) is 5.82 Å². The van der Waals surface area contributed by atoms with Crippen molar-refractivity contribution in [3.8, 4) is 11.5 Å². The van der Waals surface area contributed by atoms with E-state index in [1.807, 2.05) is 0 Å². The summed E-state index contributed by atoms with van der Waals surface area (Å²) in [4.78, 5) is 12.8. The minimum atomic E-state index is -3.52. The molecular formula is C22H23FN4O4S2. The number of halogens is 1.